The summed E-state index contributed by atoms with van der Waals surface area (Å²) in [6.07, 6.45) is 2.09. The third kappa shape index (κ3) is 3.98. The SMILES string of the molecule is CCC(C)(CC)c1ccc(N=NC(C)c2ccc(Br)s2)nn1. The standard InChI is InChI=1S/C16H21BrN4S/c1-5-16(4,6-2)13-8-10-15(21-19-13)20-18-11(3)12-7-9-14(17)22-12/h7-11H,5-6H2,1-4H3. The quantitative estimate of drug-likeness (QED) is 0.558. The van der Waals surface area contributed by atoms with Crippen molar-refractivity contribution in [2.75, 3.05) is 0 Å². The molecule has 0 saturated heterocycles. The maximum Gasteiger partial charge on any atom is 0.195 e. The van der Waals surface area contributed by atoms with Crippen molar-refractivity contribution in [2.45, 2.75) is 52.0 Å². The third-order valence-corrected chi connectivity index (χ3v) is 5.96. The summed E-state index contributed by atoms with van der Waals surface area (Å²) < 4.78 is 1.10. The molecule has 2 aromatic heterocycles. The highest BCUT2D eigenvalue weighted by Crippen LogP contribution is 2.31. The van der Waals surface area contributed by atoms with Crippen molar-refractivity contribution >= 4 is 33.1 Å². The topological polar surface area (TPSA) is 50.5 Å². The van der Waals surface area contributed by atoms with Crippen LogP contribution in [0.2, 0.25) is 0 Å². The smallest absolute Gasteiger partial charge is 0.178 e. The molecule has 2 heterocycles. The predicted octanol–water partition coefficient (Wildman–Crippen LogP) is 6.22. The summed E-state index contributed by atoms with van der Waals surface area (Å²) in [6.45, 7) is 8.60. The van der Waals surface area contributed by atoms with E-state index in [1.54, 1.807) is 11.3 Å². The third-order valence-electron chi connectivity index (χ3n) is 4.17. The number of aromatic nitrogens is 2. The molecule has 0 saturated carbocycles. The van der Waals surface area contributed by atoms with Crippen LogP contribution >= 0.6 is 27.3 Å². The summed E-state index contributed by atoms with van der Waals surface area (Å²) >= 11 is 5.13. The first-order valence-electron chi connectivity index (χ1n) is 7.48. The van der Waals surface area contributed by atoms with Gasteiger partial charge in [0, 0.05) is 10.3 Å². The van der Waals surface area contributed by atoms with E-state index < -0.39 is 0 Å². The summed E-state index contributed by atoms with van der Waals surface area (Å²) in [7, 11) is 0. The number of halogens is 1. The Kier molecular flexibility index (Phi) is 5.81. The molecule has 22 heavy (non-hydrogen) atoms. The highest BCUT2D eigenvalue weighted by Gasteiger charge is 2.24. The van der Waals surface area contributed by atoms with Gasteiger partial charge >= 0.3 is 0 Å². The number of rotatable bonds is 6. The molecular weight excluding hydrogens is 360 g/mol. The second kappa shape index (κ2) is 7.42. The lowest BCUT2D eigenvalue weighted by atomic mass is 9.81. The summed E-state index contributed by atoms with van der Waals surface area (Å²) in [5.74, 6) is 0.556. The number of hydrogen-bond donors (Lipinski definition) is 0. The van der Waals surface area contributed by atoms with E-state index in [1.807, 2.05) is 25.1 Å². The average molecular weight is 381 g/mol. The van der Waals surface area contributed by atoms with Crippen LogP contribution in [-0.2, 0) is 5.41 Å². The van der Waals surface area contributed by atoms with Gasteiger partial charge in [-0.2, -0.15) is 10.2 Å². The summed E-state index contributed by atoms with van der Waals surface area (Å²) in [6, 6.07) is 8.01. The van der Waals surface area contributed by atoms with Gasteiger partial charge in [0.05, 0.1) is 9.48 Å². The van der Waals surface area contributed by atoms with Crippen molar-refractivity contribution in [3.05, 3.63) is 38.6 Å². The fourth-order valence-electron chi connectivity index (χ4n) is 2.07. The van der Waals surface area contributed by atoms with Crippen molar-refractivity contribution in [3.8, 4) is 0 Å². The second-order valence-corrected chi connectivity index (χ2v) is 8.07. The van der Waals surface area contributed by atoms with E-state index in [0.717, 1.165) is 22.3 Å². The molecule has 2 rings (SSSR count). The molecule has 2 aromatic rings. The van der Waals surface area contributed by atoms with E-state index in [2.05, 4.69) is 63.2 Å². The van der Waals surface area contributed by atoms with Crippen molar-refractivity contribution in [2.24, 2.45) is 10.2 Å². The van der Waals surface area contributed by atoms with Crippen LogP contribution in [0.25, 0.3) is 0 Å². The molecule has 6 heteroatoms. The number of azo groups is 1. The van der Waals surface area contributed by atoms with Crippen LogP contribution in [0.4, 0.5) is 5.82 Å². The molecule has 4 nitrogen and oxygen atoms in total. The Morgan fingerprint density at radius 1 is 1.18 bits per heavy atom. The molecule has 0 radical (unpaired) electrons. The molecule has 0 aliphatic rings. The van der Waals surface area contributed by atoms with Gasteiger partial charge in [-0.15, -0.1) is 21.5 Å². The fraction of sp³-hybridized carbons (Fsp3) is 0.500. The first kappa shape index (κ1) is 17.2. The molecule has 1 atom stereocenters. The van der Waals surface area contributed by atoms with Crippen LogP contribution in [0.3, 0.4) is 0 Å². The van der Waals surface area contributed by atoms with Gasteiger partial charge in [0.1, 0.15) is 6.04 Å². The zero-order chi connectivity index (χ0) is 16.2. The Morgan fingerprint density at radius 3 is 2.41 bits per heavy atom. The molecule has 0 fully saturated rings. The molecule has 0 N–H and O–H groups in total. The summed E-state index contributed by atoms with van der Waals surface area (Å²) in [5.41, 5.74) is 1.10. The minimum absolute atomic E-state index is 0.0225. The molecule has 0 aromatic carbocycles. The zero-order valence-corrected chi connectivity index (χ0v) is 15.8. The van der Waals surface area contributed by atoms with E-state index in [1.165, 1.54) is 4.88 Å². The Labute approximate surface area is 144 Å². The number of hydrogen-bond acceptors (Lipinski definition) is 5. The van der Waals surface area contributed by atoms with Crippen LogP contribution in [0, 0.1) is 0 Å². The number of thiophene rings is 1. The van der Waals surface area contributed by atoms with Crippen molar-refractivity contribution in [1.29, 1.82) is 0 Å². The minimum Gasteiger partial charge on any atom is -0.178 e. The van der Waals surface area contributed by atoms with Gasteiger partial charge in [-0.3, -0.25) is 0 Å². The maximum absolute atomic E-state index is 4.34. The highest BCUT2D eigenvalue weighted by atomic mass is 79.9. The van der Waals surface area contributed by atoms with Gasteiger partial charge in [0.2, 0.25) is 0 Å². The Morgan fingerprint density at radius 2 is 1.91 bits per heavy atom. The van der Waals surface area contributed by atoms with Crippen molar-refractivity contribution < 1.29 is 0 Å². The van der Waals surface area contributed by atoms with E-state index in [-0.39, 0.29) is 11.5 Å². The molecular formula is C16H21BrN4S. The van der Waals surface area contributed by atoms with E-state index >= 15 is 0 Å². The Hall–Kier alpha value is -1.14. The first-order chi connectivity index (χ1) is 10.5. The van der Waals surface area contributed by atoms with Crippen LogP contribution < -0.4 is 0 Å². The van der Waals surface area contributed by atoms with Crippen LogP contribution in [0.5, 0.6) is 0 Å². The second-order valence-electron chi connectivity index (χ2n) is 5.58. The lowest BCUT2D eigenvalue weighted by molar-refractivity contribution is 0.421. The highest BCUT2D eigenvalue weighted by molar-refractivity contribution is 9.11. The molecule has 1 unspecified atom stereocenters. The maximum atomic E-state index is 4.34. The Bertz CT molecular complexity index is 632. The molecule has 0 aliphatic carbocycles. The minimum atomic E-state index is 0.0225. The van der Waals surface area contributed by atoms with Gasteiger partial charge in [0.15, 0.2) is 5.82 Å². The predicted molar refractivity (Wildman–Crippen MR) is 94.9 cm³/mol. The molecule has 0 spiro atoms. The Balaban J connectivity index is 2.09. The normalized spacial score (nSPS) is 13.7. The van der Waals surface area contributed by atoms with Crippen molar-refractivity contribution in [1.82, 2.24) is 10.2 Å². The van der Waals surface area contributed by atoms with Crippen LogP contribution in [0.15, 0.2) is 38.3 Å². The fourth-order valence-corrected chi connectivity index (χ4v) is 3.48. The lowest BCUT2D eigenvalue weighted by Crippen LogP contribution is -2.21. The van der Waals surface area contributed by atoms with Gasteiger partial charge in [-0.1, -0.05) is 20.8 Å². The summed E-state index contributed by atoms with van der Waals surface area (Å²) in [4.78, 5) is 1.17. The first-order valence-corrected chi connectivity index (χ1v) is 9.09. The molecule has 0 aliphatic heterocycles. The molecule has 118 valence electrons. The van der Waals surface area contributed by atoms with E-state index in [9.17, 15) is 0 Å². The van der Waals surface area contributed by atoms with E-state index in [4.69, 9.17) is 0 Å². The monoisotopic (exact) mass is 380 g/mol. The van der Waals surface area contributed by atoms with Gasteiger partial charge in [0.25, 0.3) is 0 Å². The number of nitrogens with zero attached hydrogens (tertiary/aromatic N) is 4. The average Bonchev–Trinajstić information content (AvgIpc) is 2.99. The lowest BCUT2D eigenvalue weighted by Gasteiger charge is -2.25. The van der Waals surface area contributed by atoms with Gasteiger partial charge in [-0.25, -0.2) is 0 Å². The molecule has 0 amide bonds. The van der Waals surface area contributed by atoms with Crippen LogP contribution in [-0.4, -0.2) is 10.2 Å². The van der Waals surface area contributed by atoms with E-state index in [0.29, 0.717) is 5.82 Å². The zero-order valence-electron chi connectivity index (χ0n) is 13.4. The molecule has 0 bridgehead atoms. The van der Waals surface area contributed by atoms with Gasteiger partial charge in [-0.05, 0) is 60.0 Å². The van der Waals surface area contributed by atoms with Crippen LogP contribution in [0.1, 0.15) is 57.1 Å². The summed E-state index contributed by atoms with van der Waals surface area (Å²) in [5, 5.41) is 17.1. The largest absolute Gasteiger partial charge is 0.195 e. The van der Waals surface area contributed by atoms with Gasteiger partial charge < -0.3 is 0 Å². The van der Waals surface area contributed by atoms with Crippen molar-refractivity contribution in [3.63, 3.8) is 0 Å².